The van der Waals surface area contributed by atoms with Gasteiger partial charge in [-0.25, -0.2) is 9.78 Å². The number of aromatic carboxylic acids is 1. The third kappa shape index (κ3) is 4.82. The van der Waals surface area contributed by atoms with Gasteiger partial charge in [-0.1, -0.05) is 32.9 Å². The molecule has 0 bridgehead atoms. The zero-order valence-electron chi connectivity index (χ0n) is 19.8. The second-order valence-corrected chi connectivity index (χ2v) is 10.5. The first-order valence-corrected chi connectivity index (χ1v) is 11.6. The number of carboxylic acid groups (broad SMARTS) is 1. The van der Waals surface area contributed by atoms with Crippen molar-refractivity contribution in [2.45, 2.75) is 72.4 Å². The number of nitrogens with zero attached hydrogens (tertiary/aromatic N) is 2. The third-order valence-electron chi connectivity index (χ3n) is 6.40. The van der Waals surface area contributed by atoms with Crippen LogP contribution in [0, 0.1) is 11.3 Å². The Bertz CT molecular complexity index is 1110. The van der Waals surface area contributed by atoms with E-state index in [0.29, 0.717) is 18.4 Å². The summed E-state index contributed by atoms with van der Waals surface area (Å²) >= 11 is 0. The molecule has 0 aliphatic heterocycles. The molecule has 1 aromatic heterocycles. The fourth-order valence-electron chi connectivity index (χ4n) is 5.45. The van der Waals surface area contributed by atoms with Gasteiger partial charge in [-0.05, 0) is 80.3 Å². The van der Waals surface area contributed by atoms with E-state index in [2.05, 4.69) is 37.5 Å². The Hall–Kier alpha value is -2.82. The molecule has 0 unspecified atom stereocenters. The van der Waals surface area contributed by atoms with Crippen molar-refractivity contribution in [1.82, 2.24) is 9.55 Å². The molecule has 3 aromatic rings. The van der Waals surface area contributed by atoms with Gasteiger partial charge >= 0.3 is 5.97 Å². The molecule has 0 saturated heterocycles. The molecule has 32 heavy (non-hydrogen) atoms. The van der Waals surface area contributed by atoms with E-state index in [1.165, 1.54) is 12.0 Å². The number of hydrogen-bond acceptors (Lipinski definition) is 3. The minimum atomic E-state index is -0.920. The molecule has 0 amide bonds. The van der Waals surface area contributed by atoms with Gasteiger partial charge in [0.1, 0.15) is 11.6 Å². The fourth-order valence-corrected chi connectivity index (χ4v) is 5.45. The summed E-state index contributed by atoms with van der Waals surface area (Å²) in [7, 11) is 0. The first-order valence-electron chi connectivity index (χ1n) is 11.6. The Kier molecular flexibility index (Phi) is 6.02. The van der Waals surface area contributed by atoms with Gasteiger partial charge in [-0.15, -0.1) is 0 Å². The van der Waals surface area contributed by atoms with E-state index in [4.69, 9.17) is 9.72 Å². The number of carboxylic acids is 1. The lowest BCUT2D eigenvalue weighted by atomic mass is 9.70. The fraction of sp³-hybridized carbons (Fsp3) is 0.481. The minimum Gasteiger partial charge on any atom is -0.491 e. The molecule has 4 rings (SSSR count). The number of ether oxygens (including phenoxy) is 1. The molecule has 1 heterocycles. The Morgan fingerprint density at radius 1 is 1.19 bits per heavy atom. The highest BCUT2D eigenvalue weighted by Gasteiger charge is 2.34. The van der Waals surface area contributed by atoms with E-state index in [1.54, 1.807) is 12.1 Å². The van der Waals surface area contributed by atoms with Gasteiger partial charge in [-0.2, -0.15) is 0 Å². The predicted octanol–water partition coefficient (Wildman–Crippen LogP) is 6.50. The molecule has 1 aliphatic carbocycles. The van der Waals surface area contributed by atoms with Gasteiger partial charge < -0.3 is 14.4 Å². The third-order valence-corrected chi connectivity index (χ3v) is 6.40. The maximum atomic E-state index is 11.5. The Morgan fingerprint density at radius 2 is 1.91 bits per heavy atom. The number of fused-ring (bicyclic) bond motifs is 1. The minimum absolute atomic E-state index is 0.144. The maximum absolute atomic E-state index is 11.5. The molecule has 2 aromatic carbocycles. The molecule has 1 fully saturated rings. The molecule has 1 N–H and O–H groups in total. The van der Waals surface area contributed by atoms with Crippen LogP contribution in [-0.2, 0) is 6.42 Å². The molecule has 1 aliphatic rings. The summed E-state index contributed by atoms with van der Waals surface area (Å²) in [5, 5.41) is 9.45. The van der Waals surface area contributed by atoms with E-state index in [0.717, 1.165) is 35.4 Å². The van der Waals surface area contributed by atoms with Crippen LogP contribution in [0.4, 0.5) is 0 Å². The summed E-state index contributed by atoms with van der Waals surface area (Å²) in [6.45, 7) is 11.1. The maximum Gasteiger partial charge on any atom is 0.335 e. The van der Waals surface area contributed by atoms with Crippen LogP contribution in [0.5, 0.6) is 5.75 Å². The van der Waals surface area contributed by atoms with Crippen molar-refractivity contribution in [2.24, 2.45) is 11.3 Å². The standard InChI is InChI=1S/C27H34N2O3/c1-17(2)32-22-9-6-19(7-10-22)13-25-28-23-14-20(26(30)31)8-11-24(23)29(25)21-12-18(3)15-27(4,5)16-21/h6-11,14,17-18,21H,12-13,15-16H2,1-5H3,(H,30,31)/t18-,21+/m0/s1. The Balaban J connectivity index is 1.74. The van der Waals surface area contributed by atoms with Gasteiger partial charge in [0.2, 0.25) is 0 Å². The highest BCUT2D eigenvalue weighted by molar-refractivity contribution is 5.92. The molecule has 1 saturated carbocycles. The van der Waals surface area contributed by atoms with Crippen LogP contribution in [-0.4, -0.2) is 26.7 Å². The van der Waals surface area contributed by atoms with E-state index < -0.39 is 5.97 Å². The average Bonchev–Trinajstić information content (AvgIpc) is 3.04. The van der Waals surface area contributed by atoms with Crippen molar-refractivity contribution >= 4 is 17.0 Å². The smallest absolute Gasteiger partial charge is 0.335 e. The topological polar surface area (TPSA) is 64.3 Å². The lowest BCUT2D eigenvalue weighted by Crippen LogP contribution is -2.30. The lowest BCUT2D eigenvalue weighted by molar-refractivity contribution is 0.0697. The van der Waals surface area contributed by atoms with Crippen molar-refractivity contribution in [2.75, 3.05) is 0 Å². The van der Waals surface area contributed by atoms with Crippen LogP contribution in [0.1, 0.15) is 81.7 Å². The summed E-state index contributed by atoms with van der Waals surface area (Å²) in [4.78, 5) is 16.5. The van der Waals surface area contributed by atoms with Crippen molar-refractivity contribution in [3.05, 3.63) is 59.4 Å². The quantitative estimate of drug-likeness (QED) is 0.481. The van der Waals surface area contributed by atoms with Gasteiger partial charge in [0.25, 0.3) is 0 Å². The number of hydrogen-bond donors (Lipinski definition) is 1. The second kappa shape index (κ2) is 8.61. The Morgan fingerprint density at radius 3 is 2.53 bits per heavy atom. The highest BCUT2D eigenvalue weighted by Crippen LogP contribution is 2.45. The largest absolute Gasteiger partial charge is 0.491 e. The SMILES string of the molecule is CC(C)Oc1ccc(Cc2nc3cc(C(=O)O)ccc3n2[C@@H]2C[C@H](C)CC(C)(C)C2)cc1. The lowest BCUT2D eigenvalue weighted by Gasteiger charge is -2.40. The van der Waals surface area contributed by atoms with E-state index >= 15 is 0 Å². The van der Waals surface area contributed by atoms with Crippen LogP contribution in [0.2, 0.25) is 0 Å². The van der Waals surface area contributed by atoms with Crippen molar-refractivity contribution < 1.29 is 14.6 Å². The van der Waals surface area contributed by atoms with Gasteiger partial charge in [0.05, 0.1) is 22.7 Å². The molecule has 5 nitrogen and oxygen atoms in total. The summed E-state index contributed by atoms with van der Waals surface area (Å²) in [6.07, 6.45) is 4.28. The number of rotatable bonds is 6. The van der Waals surface area contributed by atoms with E-state index in [9.17, 15) is 9.90 Å². The van der Waals surface area contributed by atoms with Gasteiger partial charge in [0, 0.05) is 12.5 Å². The highest BCUT2D eigenvalue weighted by atomic mass is 16.5. The van der Waals surface area contributed by atoms with Gasteiger partial charge in [-0.3, -0.25) is 0 Å². The van der Waals surface area contributed by atoms with Crippen LogP contribution >= 0.6 is 0 Å². The number of carbonyl (C=O) groups is 1. The van der Waals surface area contributed by atoms with Crippen LogP contribution in [0.3, 0.4) is 0 Å². The monoisotopic (exact) mass is 434 g/mol. The summed E-state index contributed by atoms with van der Waals surface area (Å²) in [6, 6.07) is 13.9. The number of aromatic nitrogens is 2. The molecule has 0 spiro atoms. The Labute approximate surface area is 190 Å². The molecule has 0 radical (unpaired) electrons. The van der Waals surface area contributed by atoms with Crippen molar-refractivity contribution in [3.63, 3.8) is 0 Å². The summed E-state index contributed by atoms with van der Waals surface area (Å²) < 4.78 is 8.17. The molecular weight excluding hydrogens is 400 g/mol. The van der Waals surface area contributed by atoms with E-state index in [-0.39, 0.29) is 17.1 Å². The average molecular weight is 435 g/mol. The zero-order chi connectivity index (χ0) is 23.0. The van der Waals surface area contributed by atoms with Crippen molar-refractivity contribution in [3.8, 4) is 5.75 Å². The summed E-state index contributed by atoms with van der Waals surface area (Å²) in [5.74, 6) is 1.58. The van der Waals surface area contributed by atoms with Gasteiger partial charge in [0.15, 0.2) is 0 Å². The zero-order valence-corrected chi connectivity index (χ0v) is 19.8. The molecular formula is C27H34N2O3. The van der Waals surface area contributed by atoms with Crippen LogP contribution in [0.15, 0.2) is 42.5 Å². The molecule has 2 atom stereocenters. The first kappa shape index (κ1) is 22.4. The number of imidazole rings is 1. The number of benzene rings is 2. The second-order valence-electron chi connectivity index (χ2n) is 10.5. The van der Waals surface area contributed by atoms with E-state index in [1.807, 2.05) is 32.0 Å². The normalized spacial score (nSPS) is 20.6. The van der Waals surface area contributed by atoms with Crippen molar-refractivity contribution in [1.29, 1.82) is 0 Å². The summed E-state index contributed by atoms with van der Waals surface area (Å²) in [5.41, 5.74) is 3.50. The van der Waals surface area contributed by atoms with Crippen LogP contribution in [0.25, 0.3) is 11.0 Å². The first-order chi connectivity index (χ1) is 15.1. The van der Waals surface area contributed by atoms with Crippen LogP contribution < -0.4 is 4.74 Å². The molecule has 170 valence electrons. The predicted molar refractivity (Wildman–Crippen MR) is 128 cm³/mol. The molecule has 5 heteroatoms.